The molecule has 2 aromatic rings. The Morgan fingerprint density at radius 2 is 1.50 bits per heavy atom. The maximum Gasteiger partial charge on any atom is 0.416 e. The summed E-state index contributed by atoms with van der Waals surface area (Å²) in [5.41, 5.74) is -0.796. The number of benzene rings is 2. The zero-order valence-corrected chi connectivity index (χ0v) is 14.6. The lowest BCUT2D eigenvalue weighted by Gasteiger charge is -2.12. The molecule has 0 spiro atoms. The average Bonchev–Trinajstić information content (AvgIpc) is 2.39. The van der Waals surface area contributed by atoms with E-state index in [1.54, 1.807) is 12.1 Å². The van der Waals surface area contributed by atoms with Gasteiger partial charge in [0.05, 0.1) is 10.5 Å². The van der Waals surface area contributed by atoms with Crippen LogP contribution in [-0.2, 0) is 16.2 Å². The summed E-state index contributed by atoms with van der Waals surface area (Å²) in [5.74, 6) is 0. The summed E-state index contributed by atoms with van der Waals surface area (Å²) in [6, 6.07) is 8.72. The van der Waals surface area contributed by atoms with Crippen LogP contribution in [0.1, 0.15) is 5.56 Å². The number of halogens is 5. The average molecular weight is 459 g/mol. The molecule has 0 aliphatic rings. The van der Waals surface area contributed by atoms with Crippen LogP contribution in [0.2, 0.25) is 0 Å². The first-order valence-corrected chi connectivity index (χ1v) is 8.81. The summed E-state index contributed by atoms with van der Waals surface area (Å²) in [6.07, 6.45) is -4.63. The Morgan fingerprint density at radius 3 is 2.05 bits per heavy atom. The predicted molar refractivity (Wildman–Crippen MR) is 84.1 cm³/mol. The molecule has 0 bridgehead atoms. The van der Waals surface area contributed by atoms with Crippen LogP contribution in [0.15, 0.2) is 56.3 Å². The quantitative estimate of drug-likeness (QED) is 0.700. The minimum absolute atomic E-state index is 0.0264. The lowest BCUT2D eigenvalue weighted by molar-refractivity contribution is -0.137. The Hall–Kier alpha value is -1.06. The summed E-state index contributed by atoms with van der Waals surface area (Å²) in [7, 11) is -4.13. The van der Waals surface area contributed by atoms with Crippen molar-refractivity contribution in [3.05, 3.63) is 57.0 Å². The van der Waals surface area contributed by atoms with Crippen LogP contribution >= 0.6 is 31.9 Å². The van der Waals surface area contributed by atoms with Gasteiger partial charge in [0, 0.05) is 14.6 Å². The zero-order valence-electron chi connectivity index (χ0n) is 10.7. The molecule has 0 fully saturated rings. The zero-order chi connectivity index (χ0) is 16.5. The third kappa shape index (κ3) is 4.23. The van der Waals surface area contributed by atoms with E-state index in [0.29, 0.717) is 6.07 Å². The Labute approximate surface area is 141 Å². The maximum atomic E-state index is 12.8. The molecule has 0 radical (unpaired) electrons. The van der Waals surface area contributed by atoms with Crippen molar-refractivity contribution in [2.45, 2.75) is 11.1 Å². The van der Waals surface area contributed by atoms with Crippen molar-refractivity contribution < 1.29 is 21.6 Å². The molecule has 0 saturated heterocycles. The molecule has 2 aromatic carbocycles. The lowest BCUT2D eigenvalue weighted by Crippen LogP contribution is -2.14. The Bertz CT molecular complexity index is 790. The van der Waals surface area contributed by atoms with Gasteiger partial charge in [-0.05, 0) is 42.5 Å². The highest BCUT2D eigenvalue weighted by atomic mass is 79.9. The van der Waals surface area contributed by atoms with E-state index >= 15 is 0 Å². The van der Waals surface area contributed by atoms with Crippen molar-refractivity contribution in [1.29, 1.82) is 0 Å². The lowest BCUT2D eigenvalue weighted by atomic mass is 10.2. The van der Waals surface area contributed by atoms with Crippen LogP contribution in [0.3, 0.4) is 0 Å². The van der Waals surface area contributed by atoms with Gasteiger partial charge in [-0.25, -0.2) is 8.42 Å². The smallest absolute Gasteiger partial charge is 0.280 e. The largest absolute Gasteiger partial charge is 0.416 e. The second kappa shape index (κ2) is 6.21. The van der Waals surface area contributed by atoms with Gasteiger partial charge in [-0.2, -0.15) is 13.2 Å². The maximum absolute atomic E-state index is 12.8. The van der Waals surface area contributed by atoms with Crippen molar-refractivity contribution >= 4 is 47.6 Å². The molecule has 3 nitrogen and oxygen atoms in total. The van der Waals surface area contributed by atoms with Crippen molar-refractivity contribution in [3.63, 3.8) is 0 Å². The molecule has 0 aliphatic heterocycles. The van der Waals surface area contributed by atoms with Crippen LogP contribution in [0, 0.1) is 0 Å². The number of rotatable bonds is 3. The Kier molecular flexibility index (Phi) is 4.88. The van der Waals surface area contributed by atoms with Crippen molar-refractivity contribution in [3.8, 4) is 0 Å². The summed E-state index contributed by atoms with van der Waals surface area (Å²) < 4.78 is 65.7. The van der Waals surface area contributed by atoms with Crippen molar-refractivity contribution in [2.24, 2.45) is 0 Å². The van der Waals surface area contributed by atoms with Gasteiger partial charge in [0.2, 0.25) is 0 Å². The van der Waals surface area contributed by atoms with Gasteiger partial charge in [0.1, 0.15) is 0 Å². The van der Waals surface area contributed by atoms with E-state index in [9.17, 15) is 21.6 Å². The minimum atomic E-state index is -4.63. The highest BCUT2D eigenvalue weighted by molar-refractivity contribution is 9.10. The number of sulfonamides is 1. The second-order valence-corrected chi connectivity index (χ2v) is 7.80. The van der Waals surface area contributed by atoms with E-state index < -0.39 is 26.7 Å². The molecular weight excluding hydrogens is 451 g/mol. The predicted octanol–water partition coefficient (Wildman–Crippen LogP) is 5.03. The van der Waals surface area contributed by atoms with Gasteiger partial charge in [-0.3, -0.25) is 4.72 Å². The number of nitrogens with one attached hydrogen (secondary N) is 1. The molecule has 0 heterocycles. The van der Waals surface area contributed by atoms with Crippen molar-refractivity contribution in [1.82, 2.24) is 0 Å². The van der Waals surface area contributed by atoms with Crippen LogP contribution in [0.4, 0.5) is 18.9 Å². The molecule has 1 N–H and O–H groups in total. The molecule has 0 unspecified atom stereocenters. The van der Waals surface area contributed by atoms with Gasteiger partial charge in [-0.1, -0.05) is 31.9 Å². The first kappa shape index (κ1) is 17.3. The summed E-state index contributed by atoms with van der Waals surface area (Å²) >= 11 is 6.10. The molecule has 0 aliphatic carbocycles. The summed E-state index contributed by atoms with van der Waals surface area (Å²) in [5, 5.41) is 0. The van der Waals surface area contributed by atoms with E-state index in [-0.39, 0.29) is 10.2 Å². The number of hydrogen-bond donors (Lipinski definition) is 1. The van der Waals surface area contributed by atoms with E-state index in [0.717, 1.165) is 16.6 Å². The fraction of sp³-hybridized carbons (Fsp3) is 0.0769. The van der Waals surface area contributed by atoms with E-state index in [1.807, 2.05) is 0 Å². The molecule has 0 aromatic heterocycles. The SMILES string of the molecule is O=S(=O)(Nc1ccc(Br)cc1)c1cc(Br)cc(C(F)(F)F)c1. The number of alkyl halides is 3. The van der Waals surface area contributed by atoms with Crippen LogP contribution in [0.25, 0.3) is 0 Å². The normalized spacial score (nSPS) is 12.2. The van der Waals surface area contributed by atoms with E-state index in [2.05, 4.69) is 36.6 Å². The van der Waals surface area contributed by atoms with Crippen LogP contribution in [0.5, 0.6) is 0 Å². The molecule has 9 heteroatoms. The molecule has 2 rings (SSSR count). The molecule has 118 valence electrons. The van der Waals surface area contributed by atoms with Gasteiger partial charge in [0.15, 0.2) is 0 Å². The Morgan fingerprint density at radius 1 is 0.909 bits per heavy atom. The molecule has 0 amide bonds. The molecular formula is C13H8Br2F3NO2S. The highest BCUT2D eigenvalue weighted by Gasteiger charge is 2.32. The van der Waals surface area contributed by atoms with E-state index in [1.165, 1.54) is 12.1 Å². The Balaban J connectivity index is 2.41. The minimum Gasteiger partial charge on any atom is -0.280 e. The first-order chi connectivity index (χ1) is 10.1. The summed E-state index contributed by atoms with van der Waals surface area (Å²) in [4.78, 5) is -0.475. The molecule has 0 atom stereocenters. The monoisotopic (exact) mass is 457 g/mol. The van der Waals surface area contributed by atoms with Crippen LogP contribution in [-0.4, -0.2) is 8.42 Å². The fourth-order valence-electron chi connectivity index (χ4n) is 1.61. The van der Waals surface area contributed by atoms with Gasteiger partial charge in [0.25, 0.3) is 10.0 Å². The third-order valence-electron chi connectivity index (χ3n) is 2.61. The van der Waals surface area contributed by atoms with Gasteiger partial charge < -0.3 is 0 Å². The highest BCUT2D eigenvalue weighted by Crippen LogP contribution is 2.33. The standard InChI is InChI=1S/C13H8Br2F3NO2S/c14-9-1-3-11(4-2-9)19-22(20,21)12-6-8(13(16,17)18)5-10(15)7-12/h1-7,19H. The van der Waals surface area contributed by atoms with Crippen LogP contribution < -0.4 is 4.72 Å². The number of hydrogen-bond acceptors (Lipinski definition) is 2. The fourth-order valence-corrected chi connectivity index (χ4v) is 3.65. The van der Waals surface area contributed by atoms with Gasteiger partial charge >= 0.3 is 6.18 Å². The third-order valence-corrected chi connectivity index (χ3v) is 4.95. The summed E-state index contributed by atoms with van der Waals surface area (Å²) in [6.45, 7) is 0. The van der Waals surface area contributed by atoms with Crippen molar-refractivity contribution in [2.75, 3.05) is 4.72 Å². The van der Waals surface area contributed by atoms with E-state index in [4.69, 9.17) is 0 Å². The molecule has 22 heavy (non-hydrogen) atoms. The number of anilines is 1. The second-order valence-electron chi connectivity index (χ2n) is 4.29. The first-order valence-electron chi connectivity index (χ1n) is 5.74. The molecule has 0 saturated carbocycles. The topological polar surface area (TPSA) is 46.2 Å². The van der Waals surface area contributed by atoms with Gasteiger partial charge in [-0.15, -0.1) is 0 Å².